The van der Waals surface area contributed by atoms with E-state index < -0.39 is 5.97 Å². The summed E-state index contributed by atoms with van der Waals surface area (Å²) < 4.78 is 10.4. The second-order valence-corrected chi connectivity index (χ2v) is 5.14. The van der Waals surface area contributed by atoms with Gasteiger partial charge in [-0.3, -0.25) is 4.98 Å². The molecular weight excluding hydrogens is 313 g/mol. The van der Waals surface area contributed by atoms with Gasteiger partial charge in [0, 0.05) is 23.5 Å². The highest BCUT2D eigenvalue weighted by molar-refractivity contribution is 6.37. The van der Waals surface area contributed by atoms with E-state index in [1.807, 2.05) is 0 Å². The zero-order chi connectivity index (χ0) is 15.0. The molecule has 1 aromatic carbocycles. The number of benzene rings is 1. The zero-order valence-electron chi connectivity index (χ0n) is 10.9. The van der Waals surface area contributed by atoms with E-state index in [2.05, 4.69) is 4.98 Å². The van der Waals surface area contributed by atoms with Crippen molar-refractivity contribution >= 4 is 41.0 Å². The standard InChI is InChI=1S/C15H9Cl2NO3/c1-20-8-2-3-9-10(4-8)15(19)21-14(9)5-11-12(16)6-18-7-13(11)17/h2-7H,1H3/b14-5+. The lowest BCUT2D eigenvalue weighted by Crippen LogP contribution is -1.94. The summed E-state index contributed by atoms with van der Waals surface area (Å²) in [6, 6.07) is 5.15. The Balaban J connectivity index is 2.11. The summed E-state index contributed by atoms with van der Waals surface area (Å²) in [6.07, 6.45) is 4.58. The SMILES string of the molecule is COc1ccc2c(c1)C(=O)O/C2=C/c1c(Cl)cncc1Cl. The molecule has 0 amide bonds. The van der Waals surface area contributed by atoms with Crippen molar-refractivity contribution in [3.63, 3.8) is 0 Å². The third-order valence-electron chi connectivity index (χ3n) is 3.08. The average molecular weight is 322 g/mol. The predicted molar refractivity (Wildman–Crippen MR) is 80.5 cm³/mol. The predicted octanol–water partition coefficient (Wildman–Crippen LogP) is 4.07. The summed E-state index contributed by atoms with van der Waals surface area (Å²) in [5, 5.41) is 0.765. The van der Waals surface area contributed by atoms with Crippen molar-refractivity contribution in [2.75, 3.05) is 7.11 Å². The van der Waals surface area contributed by atoms with Gasteiger partial charge in [-0.25, -0.2) is 4.79 Å². The number of cyclic esters (lactones) is 1. The molecule has 0 atom stereocenters. The highest BCUT2D eigenvalue weighted by Crippen LogP contribution is 2.35. The largest absolute Gasteiger partial charge is 0.497 e. The van der Waals surface area contributed by atoms with Crippen molar-refractivity contribution in [2.24, 2.45) is 0 Å². The van der Waals surface area contributed by atoms with Crippen LogP contribution in [0.4, 0.5) is 0 Å². The van der Waals surface area contributed by atoms with Crippen molar-refractivity contribution in [1.29, 1.82) is 0 Å². The molecule has 0 saturated heterocycles. The maximum atomic E-state index is 11.9. The number of esters is 1. The van der Waals surface area contributed by atoms with Crippen molar-refractivity contribution in [2.45, 2.75) is 0 Å². The van der Waals surface area contributed by atoms with Gasteiger partial charge in [-0.05, 0) is 24.3 Å². The van der Waals surface area contributed by atoms with Crippen LogP contribution in [0.25, 0.3) is 11.8 Å². The summed E-state index contributed by atoms with van der Waals surface area (Å²) in [6.45, 7) is 0. The smallest absolute Gasteiger partial charge is 0.344 e. The number of carbonyl (C=O) groups excluding carboxylic acids is 1. The molecule has 0 N–H and O–H groups in total. The van der Waals surface area contributed by atoms with Crippen LogP contribution in [0.15, 0.2) is 30.6 Å². The fourth-order valence-corrected chi connectivity index (χ4v) is 2.52. The van der Waals surface area contributed by atoms with Gasteiger partial charge in [0.05, 0.1) is 22.7 Å². The first-order chi connectivity index (χ1) is 10.1. The van der Waals surface area contributed by atoms with Crippen molar-refractivity contribution in [1.82, 2.24) is 4.98 Å². The molecule has 2 aromatic rings. The van der Waals surface area contributed by atoms with Crippen LogP contribution in [-0.2, 0) is 4.74 Å². The number of carbonyl (C=O) groups is 1. The lowest BCUT2D eigenvalue weighted by molar-refractivity contribution is 0.0717. The topological polar surface area (TPSA) is 48.4 Å². The van der Waals surface area contributed by atoms with Gasteiger partial charge in [-0.15, -0.1) is 0 Å². The third-order valence-corrected chi connectivity index (χ3v) is 3.68. The van der Waals surface area contributed by atoms with E-state index in [1.54, 1.807) is 24.3 Å². The molecule has 6 heteroatoms. The van der Waals surface area contributed by atoms with Gasteiger partial charge in [0.15, 0.2) is 0 Å². The maximum absolute atomic E-state index is 11.9. The number of fused-ring (bicyclic) bond motifs is 1. The van der Waals surface area contributed by atoms with Crippen LogP contribution < -0.4 is 4.74 Å². The lowest BCUT2D eigenvalue weighted by atomic mass is 10.1. The molecule has 21 heavy (non-hydrogen) atoms. The molecule has 3 rings (SSSR count). The van der Waals surface area contributed by atoms with Gasteiger partial charge < -0.3 is 9.47 Å². The summed E-state index contributed by atoms with van der Waals surface area (Å²) >= 11 is 12.1. The van der Waals surface area contributed by atoms with E-state index in [4.69, 9.17) is 32.7 Å². The molecule has 0 saturated carbocycles. The van der Waals surface area contributed by atoms with Crippen LogP contribution in [0.1, 0.15) is 21.5 Å². The van der Waals surface area contributed by atoms with Crippen LogP contribution in [0, 0.1) is 0 Å². The number of methoxy groups -OCH3 is 1. The van der Waals surface area contributed by atoms with Crippen molar-refractivity contribution < 1.29 is 14.3 Å². The van der Waals surface area contributed by atoms with E-state index in [1.165, 1.54) is 19.5 Å². The molecule has 2 heterocycles. The van der Waals surface area contributed by atoms with Gasteiger partial charge in [0.25, 0.3) is 0 Å². The summed E-state index contributed by atoms with van der Waals surface area (Å²) in [5.41, 5.74) is 1.67. The van der Waals surface area contributed by atoms with Crippen LogP contribution in [0.2, 0.25) is 10.0 Å². The number of hydrogen-bond donors (Lipinski definition) is 0. The Labute approximate surface area is 130 Å². The molecule has 0 fully saturated rings. The van der Waals surface area contributed by atoms with E-state index in [0.717, 1.165) is 0 Å². The first kappa shape index (κ1) is 13.9. The molecule has 1 aliphatic heterocycles. The Kier molecular flexibility index (Phi) is 3.57. The summed E-state index contributed by atoms with van der Waals surface area (Å²) in [4.78, 5) is 15.8. The van der Waals surface area contributed by atoms with Crippen molar-refractivity contribution in [3.05, 3.63) is 57.3 Å². The fraction of sp³-hybridized carbons (Fsp3) is 0.0667. The Morgan fingerprint density at radius 1 is 1.19 bits per heavy atom. The zero-order valence-corrected chi connectivity index (χ0v) is 12.4. The van der Waals surface area contributed by atoms with E-state index in [-0.39, 0.29) is 0 Å². The van der Waals surface area contributed by atoms with Gasteiger partial charge in [-0.1, -0.05) is 23.2 Å². The number of aromatic nitrogens is 1. The van der Waals surface area contributed by atoms with Gasteiger partial charge in [0.2, 0.25) is 0 Å². The Bertz CT molecular complexity index is 751. The van der Waals surface area contributed by atoms with Crippen LogP contribution in [0.3, 0.4) is 0 Å². The minimum Gasteiger partial charge on any atom is -0.497 e. The fourth-order valence-electron chi connectivity index (χ4n) is 2.04. The summed E-state index contributed by atoms with van der Waals surface area (Å²) in [5.74, 6) is 0.552. The lowest BCUT2D eigenvalue weighted by Gasteiger charge is -2.03. The van der Waals surface area contributed by atoms with Crippen molar-refractivity contribution in [3.8, 4) is 5.75 Å². The van der Waals surface area contributed by atoms with Gasteiger partial charge >= 0.3 is 5.97 Å². The molecule has 4 nitrogen and oxygen atoms in total. The monoisotopic (exact) mass is 321 g/mol. The molecule has 0 bridgehead atoms. The first-order valence-electron chi connectivity index (χ1n) is 6.01. The number of nitrogens with zero attached hydrogens (tertiary/aromatic N) is 1. The normalized spacial score (nSPS) is 15.0. The van der Waals surface area contributed by atoms with Gasteiger partial charge in [0.1, 0.15) is 11.5 Å². The molecular formula is C15H9Cl2NO3. The van der Waals surface area contributed by atoms with E-state index in [0.29, 0.717) is 38.2 Å². The first-order valence-corrected chi connectivity index (χ1v) is 6.77. The van der Waals surface area contributed by atoms with Crippen LogP contribution in [-0.4, -0.2) is 18.1 Å². The quantitative estimate of drug-likeness (QED) is 0.782. The maximum Gasteiger partial charge on any atom is 0.344 e. The number of rotatable bonds is 2. The molecule has 0 radical (unpaired) electrons. The molecule has 0 aliphatic carbocycles. The van der Waals surface area contributed by atoms with Crippen LogP contribution in [0.5, 0.6) is 5.75 Å². The number of pyridine rings is 1. The highest BCUT2D eigenvalue weighted by atomic mass is 35.5. The van der Waals surface area contributed by atoms with Crippen LogP contribution >= 0.6 is 23.2 Å². The second-order valence-electron chi connectivity index (χ2n) is 4.33. The molecule has 106 valence electrons. The Morgan fingerprint density at radius 3 is 2.57 bits per heavy atom. The third kappa shape index (κ3) is 2.48. The van der Waals surface area contributed by atoms with Gasteiger partial charge in [-0.2, -0.15) is 0 Å². The molecule has 0 spiro atoms. The Hall–Kier alpha value is -2.04. The number of halogens is 2. The van der Waals surface area contributed by atoms with E-state index in [9.17, 15) is 4.79 Å². The average Bonchev–Trinajstić information content (AvgIpc) is 2.79. The minimum atomic E-state index is -0.434. The molecule has 1 aliphatic rings. The summed E-state index contributed by atoms with van der Waals surface area (Å²) in [7, 11) is 1.54. The molecule has 0 unspecified atom stereocenters. The van der Waals surface area contributed by atoms with E-state index >= 15 is 0 Å². The Morgan fingerprint density at radius 2 is 1.90 bits per heavy atom. The minimum absolute atomic E-state index is 0.382. The molecule has 1 aromatic heterocycles. The number of ether oxygens (including phenoxy) is 2. The second kappa shape index (κ2) is 5.39. The highest BCUT2D eigenvalue weighted by Gasteiger charge is 2.27. The number of hydrogen-bond acceptors (Lipinski definition) is 4.